The molecule has 2 atom stereocenters. The zero-order valence-electron chi connectivity index (χ0n) is 11.1. The molecule has 0 aromatic heterocycles. The highest BCUT2D eigenvalue weighted by Crippen LogP contribution is 2.81. The summed E-state index contributed by atoms with van der Waals surface area (Å²) < 4.78 is 1.28. The largest absolute Gasteiger partial charge is 0.288 e. The van der Waals surface area contributed by atoms with E-state index in [1.807, 2.05) is 0 Å². The monoisotopic (exact) mass is 338 g/mol. The van der Waals surface area contributed by atoms with Gasteiger partial charge in [0.15, 0.2) is 5.12 Å². The van der Waals surface area contributed by atoms with Crippen molar-refractivity contribution in [2.24, 2.45) is 0 Å². The molecule has 4 fully saturated rings. The van der Waals surface area contributed by atoms with Crippen LogP contribution in [0.15, 0.2) is 0 Å². The minimum Gasteiger partial charge on any atom is -0.288 e. The Morgan fingerprint density at radius 3 is 1.94 bits per heavy atom. The Kier molecular flexibility index (Phi) is 3.36. The molecular formula is C12H18OS5. The maximum atomic E-state index is 11.3. The highest BCUT2D eigenvalue weighted by Gasteiger charge is 2.66. The molecule has 4 saturated heterocycles. The average Bonchev–Trinajstić information content (AvgIpc) is 2.06. The Labute approximate surface area is 131 Å². The van der Waals surface area contributed by atoms with E-state index in [1.54, 1.807) is 6.92 Å². The third-order valence-corrected chi connectivity index (χ3v) is 11.6. The van der Waals surface area contributed by atoms with E-state index in [2.05, 4.69) is 67.8 Å². The van der Waals surface area contributed by atoms with E-state index in [0.717, 1.165) is 5.75 Å². The van der Waals surface area contributed by atoms with Gasteiger partial charge in [0.25, 0.3) is 0 Å². The third-order valence-electron chi connectivity index (χ3n) is 3.40. The average molecular weight is 339 g/mol. The number of hydrogen-bond acceptors (Lipinski definition) is 6. The third kappa shape index (κ3) is 2.49. The van der Waals surface area contributed by atoms with Crippen LogP contribution >= 0.6 is 58.8 Å². The topological polar surface area (TPSA) is 17.1 Å². The van der Waals surface area contributed by atoms with Gasteiger partial charge in [-0.25, -0.2) is 0 Å². The van der Waals surface area contributed by atoms with Gasteiger partial charge in [0.2, 0.25) is 0 Å². The Balaban J connectivity index is 1.90. The number of thioether (sulfide) groups is 5. The van der Waals surface area contributed by atoms with Crippen molar-refractivity contribution in [3.05, 3.63) is 0 Å². The Morgan fingerprint density at radius 2 is 1.50 bits per heavy atom. The van der Waals surface area contributed by atoms with Crippen LogP contribution in [0.3, 0.4) is 0 Å². The fraction of sp³-hybridized carbons (Fsp3) is 0.917. The Morgan fingerprint density at radius 1 is 1.00 bits per heavy atom. The minimum absolute atomic E-state index is 0.253. The molecule has 102 valence electrons. The summed E-state index contributed by atoms with van der Waals surface area (Å²) in [7, 11) is 0. The normalized spacial score (nSPS) is 53.8. The molecule has 0 radical (unpaired) electrons. The smallest absolute Gasteiger partial charge is 0.185 e. The number of rotatable bonds is 2. The molecule has 2 unspecified atom stereocenters. The molecule has 0 aromatic carbocycles. The van der Waals surface area contributed by atoms with Gasteiger partial charge in [0.05, 0.1) is 16.3 Å². The van der Waals surface area contributed by atoms with E-state index in [1.165, 1.54) is 24.6 Å². The summed E-state index contributed by atoms with van der Waals surface area (Å²) >= 11 is 10.1. The van der Waals surface area contributed by atoms with Crippen molar-refractivity contribution in [2.75, 3.05) is 5.75 Å². The molecule has 18 heavy (non-hydrogen) atoms. The lowest BCUT2D eigenvalue weighted by Gasteiger charge is -2.66. The van der Waals surface area contributed by atoms with E-state index in [-0.39, 0.29) is 9.19 Å². The predicted octanol–water partition coefficient (Wildman–Crippen LogP) is 4.86. The van der Waals surface area contributed by atoms with E-state index in [0.29, 0.717) is 12.2 Å². The van der Waals surface area contributed by atoms with Crippen molar-refractivity contribution in [2.45, 2.75) is 56.9 Å². The van der Waals surface area contributed by atoms with Crippen LogP contribution in [0.5, 0.6) is 0 Å². The first-order chi connectivity index (χ1) is 8.16. The second-order valence-electron chi connectivity index (χ2n) is 5.85. The summed E-state index contributed by atoms with van der Waals surface area (Å²) in [6, 6.07) is 0. The summed E-state index contributed by atoms with van der Waals surface area (Å²) in [5, 5.41) is 0.257. The van der Waals surface area contributed by atoms with Gasteiger partial charge in [0, 0.05) is 12.7 Å². The molecule has 4 aliphatic rings. The summed E-state index contributed by atoms with van der Waals surface area (Å²) in [5.74, 6) is 0.972. The molecular weight excluding hydrogens is 320 g/mol. The first kappa shape index (κ1) is 14.4. The molecule has 0 N–H and O–H groups in total. The van der Waals surface area contributed by atoms with E-state index in [9.17, 15) is 4.79 Å². The van der Waals surface area contributed by atoms with E-state index in [4.69, 9.17) is 0 Å². The molecule has 1 nitrogen and oxygen atoms in total. The second kappa shape index (κ2) is 4.21. The van der Waals surface area contributed by atoms with E-state index >= 15 is 0 Å². The maximum absolute atomic E-state index is 11.3. The molecule has 4 bridgehead atoms. The maximum Gasteiger partial charge on any atom is 0.185 e. The fourth-order valence-electron chi connectivity index (χ4n) is 3.47. The molecule has 4 heterocycles. The van der Waals surface area contributed by atoms with Crippen LogP contribution in [0.2, 0.25) is 0 Å². The molecule has 6 heteroatoms. The van der Waals surface area contributed by atoms with Gasteiger partial charge in [-0.2, -0.15) is 0 Å². The van der Waals surface area contributed by atoms with Crippen LogP contribution < -0.4 is 0 Å². The van der Waals surface area contributed by atoms with Crippen molar-refractivity contribution in [1.29, 1.82) is 0 Å². The van der Waals surface area contributed by atoms with Gasteiger partial charge in [-0.3, -0.25) is 4.79 Å². The minimum atomic E-state index is 0.253. The lowest BCUT2D eigenvalue weighted by molar-refractivity contribution is -0.109. The fourth-order valence-corrected chi connectivity index (χ4v) is 17.3. The molecule has 4 aliphatic heterocycles. The van der Waals surface area contributed by atoms with Gasteiger partial charge in [-0.15, -0.1) is 47.0 Å². The van der Waals surface area contributed by atoms with Gasteiger partial charge in [0.1, 0.15) is 0 Å². The SMILES string of the molecule is CC(=O)SCC12CC3(C)SC(C)(CC(C)(S3)S1)S2. The van der Waals surface area contributed by atoms with Gasteiger partial charge in [-0.1, -0.05) is 11.8 Å². The number of carbonyl (C=O) groups excluding carboxylic acids is 1. The van der Waals surface area contributed by atoms with Crippen LogP contribution in [0, 0.1) is 0 Å². The zero-order chi connectivity index (χ0) is 13.2. The number of hydrogen-bond donors (Lipinski definition) is 0. The van der Waals surface area contributed by atoms with Crippen LogP contribution in [0.4, 0.5) is 0 Å². The van der Waals surface area contributed by atoms with Crippen molar-refractivity contribution in [3.8, 4) is 0 Å². The zero-order valence-corrected chi connectivity index (χ0v) is 15.2. The highest BCUT2D eigenvalue weighted by molar-refractivity contribution is 8.38. The molecule has 0 amide bonds. The van der Waals surface area contributed by atoms with Crippen LogP contribution in [0.25, 0.3) is 0 Å². The summed E-state index contributed by atoms with van der Waals surface area (Å²) in [5.41, 5.74) is 0. The molecule has 4 rings (SSSR count). The molecule has 0 aromatic rings. The van der Waals surface area contributed by atoms with Gasteiger partial charge < -0.3 is 0 Å². The Hall–Kier alpha value is 1.42. The molecule has 0 aliphatic carbocycles. The first-order valence-corrected chi connectivity index (χ1v) is 10.3. The quantitative estimate of drug-likeness (QED) is 0.709. The van der Waals surface area contributed by atoms with Crippen molar-refractivity contribution in [3.63, 3.8) is 0 Å². The summed E-state index contributed by atoms with van der Waals surface area (Å²) in [4.78, 5) is 11.3. The predicted molar refractivity (Wildman–Crippen MR) is 90.7 cm³/mol. The lowest BCUT2D eigenvalue weighted by atomic mass is 10.2. The van der Waals surface area contributed by atoms with Crippen molar-refractivity contribution >= 4 is 63.9 Å². The first-order valence-electron chi connectivity index (χ1n) is 6.10. The Bertz CT molecular complexity index is 356. The second-order valence-corrected chi connectivity index (χ2v) is 15.8. The van der Waals surface area contributed by atoms with E-state index < -0.39 is 0 Å². The van der Waals surface area contributed by atoms with Gasteiger partial charge in [-0.05, 0) is 33.6 Å². The van der Waals surface area contributed by atoms with Gasteiger partial charge >= 0.3 is 0 Å². The number of carbonyl (C=O) groups is 1. The highest BCUT2D eigenvalue weighted by atomic mass is 32.3. The van der Waals surface area contributed by atoms with Crippen LogP contribution in [0.1, 0.15) is 40.5 Å². The van der Waals surface area contributed by atoms with Crippen LogP contribution in [-0.2, 0) is 4.79 Å². The van der Waals surface area contributed by atoms with Crippen LogP contribution in [-0.4, -0.2) is 27.2 Å². The standard InChI is InChI=1S/C12H18OS5/c1-8(13)14-7-12-6-11(4)15-9(2,17-12)5-10(3,16-11)18-12/h5-7H2,1-4H3. The van der Waals surface area contributed by atoms with Crippen molar-refractivity contribution in [1.82, 2.24) is 0 Å². The summed E-state index contributed by atoms with van der Waals surface area (Å²) in [6.45, 7) is 8.91. The lowest BCUT2D eigenvalue weighted by Crippen LogP contribution is -2.58. The van der Waals surface area contributed by atoms with Crippen molar-refractivity contribution < 1.29 is 4.79 Å². The molecule has 0 spiro atoms. The summed E-state index contributed by atoms with van der Waals surface area (Å²) in [6.07, 6.45) is 2.49. The molecule has 0 saturated carbocycles.